The molecule has 0 bridgehead atoms. The van der Waals surface area contributed by atoms with Crippen molar-refractivity contribution in [3.05, 3.63) is 0 Å². The lowest BCUT2D eigenvalue weighted by molar-refractivity contribution is 0.598. The predicted octanol–water partition coefficient (Wildman–Crippen LogP) is 9.44. The van der Waals surface area contributed by atoms with Crippen molar-refractivity contribution in [3.8, 4) is 0 Å². The van der Waals surface area contributed by atoms with E-state index in [9.17, 15) is 0 Å². The van der Waals surface area contributed by atoms with Gasteiger partial charge in [-0.25, -0.2) is 0 Å². The fraction of sp³-hybridized carbons (Fsp3) is 1.00. The molecular weight excluding hydrogens is 391 g/mol. The van der Waals surface area contributed by atoms with Crippen LogP contribution in [0.15, 0.2) is 0 Å². The molecule has 0 amide bonds. The van der Waals surface area contributed by atoms with Crippen LogP contribution in [0.25, 0.3) is 0 Å². The maximum absolute atomic E-state index is 5.90. The molecule has 146 valence electrons. The molecule has 0 N–H and O–H groups in total. The molecular formula is C19H41Cl3Si2. The highest BCUT2D eigenvalue weighted by molar-refractivity contribution is 7.64. The van der Waals surface area contributed by atoms with E-state index in [1.54, 1.807) is 6.04 Å². The smallest absolute Gasteiger partial charge is 0.126 e. The fourth-order valence-corrected chi connectivity index (χ4v) is 7.84. The van der Waals surface area contributed by atoms with E-state index in [1.165, 1.54) is 83.1 Å². The van der Waals surface area contributed by atoms with E-state index in [0.717, 1.165) is 12.5 Å². The van der Waals surface area contributed by atoms with Crippen LogP contribution in [0, 0.1) is 0 Å². The van der Waals surface area contributed by atoms with Crippen LogP contribution in [-0.2, 0) is 0 Å². The quantitative estimate of drug-likeness (QED) is 0.122. The third kappa shape index (κ3) is 19.6. The molecule has 0 atom stereocenters. The highest BCUT2D eigenvalue weighted by atomic mass is 35.8. The van der Waals surface area contributed by atoms with E-state index in [-0.39, 0.29) is 0 Å². The summed E-state index contributed by atoms with van der Waals surface area (Å²) in [5, 5.41) is 0. The fourth-order valence-electron chi connectivity index (χ4n) is 3.32. The van der Waals surface area contributed by atoms with Crippen LogP contribution in [0.3, 0.4) is 0 Å². The lowest BCUT2D eigenvalue weighted by Gasteiger charge is -2.22. The summed E-state index contributed by atoms with van der Waals surface area (Å²) < 4.78 is 0. The molecule has 0 aliphatic carbocycles. The Balaban J connectivity index is 3.39. The lowest BCUT2D eigenvalue weighted by Crippen LogP contribution is -2.24. The molecule has 0 nitrogen and oxygen atoms in total. The van der Waals surface area contributed by atoms with E-state index in [4.69, 9.17) is 33.2 Å². The molecule has 0 unspecified atom stereocenters. The Kier molecular flexibility index (Phi) is 16.2. The number of hydrogen-bond donors (Lipinski definition) is 0. The third-order valence-corrected chi connectivity index (χ3v) is 11.1. The van der Waals surface area contributed by atoms with Gasteiger partial charge in [0, 0.05) is 8.07 Å². The van der Waals surface area contributed by atoms with E-state index in [0.29, 0.717) is 0 Å². The summed E-state index contributed by atoms with van der Waals surface area (Å²) in [5.74, 6) is 0. The minimum Gasteiger partial charge on any atom is -0.126 e. The van der Waals surface area contributed by atoms with E-state index < -0.39 is 14.1 Å². The zero-order chi connectivity index (χ0) is 18.3. The molecule has 0 heterocycles. The minimum absolute atomic E-state index is 0.829. The van der Waals surface area contributed by atoms with Gasteiger partial charge in [0.1, 0.15) is 0 Å². The molecule has 0 rings (SSSR count). The maximum Gasteiger partial charge on any atom is 0.341 e. The summed E-state index contributed by atoms with van der Waals surface area (Å²) >= 11 is 17.7. The molecule has 5 heteroatoms. The van der Waals surface area contributed by atoms with Gasteiger partial charge in [-0.2, -0.15) is 0 Å². The summed E-state index contributed by atoms with van der Waals surface area (Å²) in [4.78, 5) is 0. The monoisotopic (exact) mass is 430 g/mol. The summed E-state index contributed by atoms with van der Waals surface area (Å²) in [5.41, 5.74) is 0. The van der Waals surface area contributed by atoms with Gasteiger partial charge in [0.15, 0.2) is 0 Å². The van der Waals surface area contributed by atoms with Crippen molar-refractivity contribution in [2.45, 2.75) is 122 Å². The molecule has 0 aliphatic rings. The Labute approximate surface area is 168 Å². The first kappa shape index (κ1) is 25.3. The van der Waals surface area contributed by atoms with Gasteiger partial charge < -0.3 is 0 Å². The number of unbranched alkanes of at least 4 members (excludes halogenated alkanes) is 11. The van der Waals surface area contributed by atoms with Crippen LogP contribution >= 0.6 is 33.2 Å². The lowest BCUT2D eigenvalue weighted by atomic mass is 10.1. The first-order valence-electron chi connectivity index (χ1n) is 10.3. The van der Waals surface area contributed by atoms with Crippen LogP contribution in [0.5, 0.6) is 0 Å². The molecule has 0 aliphatic heterocycles. The van der Waals surface area contributed by atoms with Gasteiger partial charge in [-0.15, -0.1) is 33.2 Å². The maximum atomic E-state index is 5.90. The van der Waals surface area contributed by atoms with Crippen LogP contribution in [0.1, 0.15) is 90.4 Å². The number of halogens is 3. The average molecular weight is 432 g/mol. The van der Waals surface area contributed by atoms with Gasteiger partial charge in [-0.1, -0.05) is 116 Å². The summed E-state index contributed by atoms with van der Waals surface area (Å²) in [6, 6.07) is 1.54. The van der Waals surface area contributed by atoms with Crippen molar-refractivity contribution in [1.29, 1.82) is 0 Å². The van der Waals surface area contributed by atoms with Crippen LogP contribution in [0.4, 0.5) is 0 Å². The second-order valence-electron chi connectivity index (χ2n) is 8.27. The zero-order valence-electron chi connectivity index (χ0n) is 16.4. The first-order chi connectivity index (χ1) is 11.3. The Hall–Kier alpha value is 1.30. The van der Waals surface area contributed by atoms with Crippen LogP contribution < -0.4 is 0 Å². The minimum atomic E-state index is -2.36. The van der Waals surface area contributed by atoms with Gasteiger partial charge in [0.05, 0.1) is 0 Å². The molecule has 0 aromatic heterocycles. The van der Waals surface area contributed by atoms with Gasteiger partial charge in [-0.05, 0) is 6.04 Å². The molecule has 0 aromatic rings. The van der Waals surface area contributed by atoms with Gasteiger partial charge >= 0.3 is 6.00 Å². The van der Waals surface area contributed by atoms with E-state index in [1.807, 2.05) is 0 Å². The Bertz CT molecular complexity index is 278. The summed E-state index contributed by atoms with van der Waals surface area (Å²) in [6.45, 7) is 7.49. The van der Waals surface area contributed by atoms with Crippen molar-refractivity contribution in [2.75, 3.05) is 0 Å². The van der Waals surface area contributed by atoms with Crippen LogP contribution in [0.2, 0.25) is 31.2 Å². The third-order valence-electron chi connectivity index (χ3n) is 5.02. The van der Waals surface area contributed by atoms with Crippen molar-refractivity contribution in [1.82, 2.24) is 0 Å². The van der Waals surface area contributed by atoms with E-state index >= 15 is 0 Å². The normalized spacial score (nSPS) is 12.8. The largest absolute Gasteiger partial charge is 0.341 e. The first-order valence-corrected chi connectivity index (χ1v) is 19.0. The number of hydrogen-bond acceptors (Lipinski definition) is 0. The molecule has 0 aromatic carbocycles. The van der Waals surface area contributed by atoms with Crippen molar-refractivity contribution < 1.29 is 0 Å². The second-order valence-corrected chi connectivity index (χ2v) is 22.9. The van der Waals surface area contributed by atoms with E-state index in [2.05, 4.69) is 20.0 Å². The van der Waals surface area contributed by atoms with Crippen molar-refractivity contribution in [2.24, 2.45) is 0 Å². The Morgan fingerprint density at radius 3 is 1.21 bits per heavy atom. The van der Waals surface area contributed by atoms with Gasteiger partial charge in [0.25, 0.3) is 0 Å². The topological polar surface area (TPSA) is 0 Å². The highest BCUT2D eigenvalue weighted by Crippen LogP contribution is 2.28. The SMILES string of the molecule is CCCCCCCC[Si](C)(C)CCCCCCCCC[Si](Cl)(Cl)Cl. The van der Waals surface area contributed by atoms with Crippen LogP contribution in [-0.4, -0.2) is 14.1 Å². The predicted molar refractivity (Wildman–Crippen MR) is 121 cm³/mol. The molecule has 24 heavy (non-hydrogen) atoms. The molecule has 0 saturated carbocycles. The second kappa shape index (κ2) is 15.4. The molecule has 0 fully saturated rings. The Morgan fingerprint density at radius 2 is 0.833 bits per heavy atom. The zero-order valence-corrected chi connectivity index (χ0v) is 20.7. The van der Waals surface area contributed by atoms with Crippen molar-refractivity contribution in [3.63, 3.8) is 0 Å². The molecule has 0 radical (unpaired) electrons. The average Bonchev–Trinajstić information content (AvgIpc) is 2.48. The standard InChI is InChI=1S/C19H41Cl3Si2/c1-4-5-6-7-11-14-17-23(2,3)18-15-12-9-8-10-13-16-19-24(20,21)22/h4-19H2,1-3H3. The van der Waals surface area contributed by atoms with Crippen molar-refractivity contribution >= 4 is 47.3 Å². The van der Waals surface area contributed by atoms with Gasteiger partial charge in [0.2, 0.25) is 0 Å². The summed E-state index contributed by atoms with van der Waals surface area (Å²) in [6.07, 6.45) is 17.9. The molecule has 0 saturated heterocycles. The number of rotatable bonds is 17. The highest BCUT2D eigenvalue weighted by Gasteiger charge is 2.23. The summed E-state index contributed by atoms with van der Waals surface area (Å²) in [7, 11) is -0.913. The van der Waals surface area contributed by atoms with Gasteiger partial charge in [-0.3, -0.25) is 0 Å². The Morgan fingerprint density at radius 1 is 0.500 bits per heavy atom. The molecule has 0 spiro atoms.